The fraction of sp³-hybridized carbons (Fsp3) is 0.333. The summed E-state index contributed by atoms with van der Waals surface area (Å²) in [6.07, 6.45) is 0. The molecule has 0 aliphatic carbocycles. The van der Waals surface area contributed by atoms with Crippen molar-refractivity contribution in [3.63, 3.8) is 0 Å². The third-order valence-electron chi connectivity index (χ3n) is 1.48. The van der Waals surface area contributed by atoms with Gasteiger partial charge in [0.25, 0.3) is 0 Å². The Hall–Kier alpha value is -0.0900. The van der Waals surface area contributed by atoms with Crippen LogP contribution in [0.15, 0.2) is 28.7 Å². The number of hydrogen-bond acceptors (Lipinski definition) is 2. The molecule has 1 aromatic rings. The average Bonchev–Trinajstić information content (AvgIpc) is 2.09. The zero-order chi connectivity index (χ0) is 8.81. The van der Waals surface area contributed by atoms with Gasteiger partial charge in [0.2, 0.25) is 0 Å². The second-order valence-electron chi connectivity index (χ2n) is 2.43. The van der Waals surface area contributed by atoms with Crippen molar-refractivity contribution >= 4 is 28.3 Å². The lowest BCUT2D eigenvalue weighted by molar-refractivity contribution is 0.128. The molecule has 74 valence electrons. The van der Waals surface area contributed by atoms with Crippen LogP contribution in [0.2, 0.25) is 0 Å². The van der Waals surface area contributed by atoms with Gasteiger partial charge in [0, 0.05) is 11.0 Å². The molecule has 0 unspecified atom stereocenters. The number of halogens is 2. The van der Waals surface area contributed by atoms with Crippen LogP contribution in [-0.2, 0) is 11.3 Å². The van der Waals surface area contributed by atoms with Crippen LogP contribution in [0.4, 0.5) is 0 Å². The summed E-state index contributed by atoms with van der Waals surface area (Å²) in [5.41, 5.74) is 6.45. The first-order valence-electron chi connectivity index (χ1n) is 3.86. The largest absolute Gasteiger partial charge is 0.375 e. The Morgan fingerprint density at radius 1 is 1.31 bits per heavy atom. The summed E-state index contributed by atoms with van der Waals surface area (Å²) in [6.45, 7) is 1.81. The van der Waals surface area contributed by atoms with Crippen molar-refractivity contribution in [2.45, 2.75) is 6.61 Å². The molecule has 0 amide bonds. The highest BCUT2D eigenvalue weighted by Crippen LogP contribution is 2.16. The predicted molar refractivity (Wildman–Crippen MR) is 60.1 cm³/mol. The van der Waals surface area contributed by atoms with Gasteiger partial charge >= 0.3 is 0 Å². The number of hydrogen-bond donors (Lipinski definition) is 1. The first kappa shape index (κ1) is 12.9. The standard InChI is InChI=1S/C9H12BrNO.ClH/c10-9-4-2-1-3-8(9)7-12-6-5-11;/h1-4H,5-7,11H2;1H. The molecule has 0 aliphatic rings. The van der Waals surface area contributed by atoms with Gasteiger partial charge in [-0.1, -0.05) is 34.1 Å². The number of ether oxygens (including phenoxy) is 1. The predicted octanol–water partition coefficient (Wildman–Crippen LogP) is 2.35. The molecular formula is C9H13BrClNO. The second-order valence-corrected chi connectivity index (χ2v) is 3.29. The summed E-state index contributed by atoms with van der Waals surface area (Å²) >= 11 is 3.44. The van der Waals surface area contributed by atoms with Crippen LogP contribution in [-0.4, -0.2) is 13.2 Å². The molecule has 0 aromatic heterocycles. The minimum absolute atomic E-state index is 0. The maximum atomic E-state index is 5.29. The molecule has 0 fully saturated rings. The highest BCUT2D eigenvalue weighted by Gasteiger charge is 1.96. The van der Waals surface area contributed by atoms with Gasteiger partial charge in [-0.2, -0.15) is 0 Å². The quantitative estimate of drug-likeness (QED) is 0.849. The highest BCUT2D eigenvalue weighted by atomic mass is 79.9. The van der Waals surface area contributed by atoms with E-state index in [0.29, 0.717) is 19.8 Å². The topological polar surface area (TPSA) is 35.2 Å². The van der Waals surface area contributed by atoms with E-state index in [9.17, 15) is 0 Å². The maximum Gasteiger partial charge on any atom is 0.0728 e. The Kier molecular flexibility index (Phi) is 7.28. The van der Waals surface area contributed by atoms with Crippen LogP contribution in [0.25, 0.3) is 0 Å². The van der Waals surface area contributed by atoms with E-state index in [2.05, 4.69) is 15.9 Å². The summed E-state index contributed by atoms with van der Waals surface area (Å²) in [4.78, 5) is 0. The lowest BCUT2D eigenvalue weighted by Gasteiger charge is -2.04. The molecule has 4 heteroatoms. The van der Waals surface area contributed by atoms with Crippen molar-refractivity contribution < 1.29 is 4.74 Å². The van der Waals surface area contributed by atoms with Crippen molar-refractivity contribution in [2.24, 2.45) is 5.73 Å². The van der Waals surface area contributed by atoms with Gasteiger partial charge in [-0.05, 0) is 11.6 Å². The second kappa shape index (κ2) is 7.33. The van der Waals surface area contributed by atoms with Crippen molar-refractivity contribution in [2.75, 3.05) is 13.2 Å². The first-order chi connectivity index (χ1) is 5.84. The maximum absolute atomic E-state index is 5.29. The van der Waals surface area contributed by atoms with Gasteiger partial charge < -0.3 is 10.5 Å². The molecule has 2 N–H and O–H groups in total. The minimum Gasteiger partial charge on any atom is -0.375 e. The highest BCUT2D eigenvalue weighted by molar-refractivity contribution is 9.10. The van der Waals surface area contributed by atoms with Gasteiger partial charge in [-0.3, -0.25) is 0 Å². The Labute approximate surface area is 93.0 Å². The van der Waals surface area contributed by atoms with Gasteiger partial charge in [0.15, 0.2) is 0 Å². The molecule has 0 spiro atoms. The molecule has 1 rings (SSSR count). The molecule has 0 aliphatic heterocycles. The van der Waals surface area contributed by atoms with Crippen LogP contribution < -0.4 is 5.73 Å². The van der Waals surface area contributed by atoms with Crippen LogP contribution in [0.1, 0.15) is 5.56 Å². The fourth-order valence-electron chi connectivity index (χ4n) is 0.881. The van der Waals surface area contributed by atoms with Crippen molar-refractivity contribution in [3.8, 4) is 0 Å². The lowest BCUT2D eigenvalue weighted by Crippen LogP contribution is -2.08. The summed E-state index contributed by atoms with van der Waals surface area (Å²) in [6, 6.07) is 8.00. The molecule has 0 atom stereocenters. The molecule has 13 heavy (non-hydrogen) atoms. The Balaban J connectivity index is 0.00000144. The minimum atomic E-state index is 0. The Morgan fingerprint density at radius 3 is 2.62 bits per heavy atom. The summed E-state index contributed by atoms with van der Waals surface area (Å²) in [7, 11) is 0. The first-order valence-corrected chi connectivity index (χ1v) is 4.65. The fourth-order valence-corrected chi connectivity index (χ4v) is 1.28. The number of benzene rings is 1. The van der Waals surface area contributed by atoms with Crippen LogP contribution >= 0.6 is 28.3 Å². The normalized spacial score (nSPS) is 9.38. The number of nitrogens with two attached hydrogens (primary N) is 1. The van der Waals surface area contributed by atoms with Crippen molar-refractivity contribution in [1.29, 1.82) is 0 Å². The summed E-state index contributed by atoms with van der Waals surface area (Å²) < 4.78 is 6.38. The zero-order valence-corrected chi connectivity index (χ0v) is 9.61. The smallest absolute Gasteiger partial charge is 0.0728 e. The number of rotatable bonds is 4. The molecule has 1 aromatic carbocycles. The van der Waals surface area contributed by atoms with E-state index in [0.717, 1.165) is 10.0 Å². The Bertz CT molecular complexity index is 245. The average molecular weight is 267 g/mol. The van der Waals surface area contributed by atoms with E-state index < -0.39 is 0 Å². The van der Waals surface area contributed by atoms with Crippen LogP contribution in [0.5, 0.6) is 0 Å². The molecule has 0 bridgehead atoms. The van der Waals surface area contributed by atoms with Gasteiger partial charge in [-0.25, -0.2) is 0 Å². The van der Waals surface area contributed by atoms with Crippen LogP contribution in [0, 0.1) is 0 Å². The third kappa shape index (κ3) is 4.62. The monoisotopic (exact) mass is 265 g/mol. The van der Waals surface area contributed by atoms with E-state index in [-0.39, 0.29) is 12.4 Å². The summed E-state index contributed by atoms with van der Waals surface area (Å²) in [5.74, 6) is 0. The van der Waals surface area contributed by atoms with Gasteiger partial charge in [0.1, 0.15) is 0 Å². The third-order valence-corrected chi connectivity index (χ3v) is 2.25. The van der Waals surface area contributed by atoms with Crippen molar-refractivity contribution in [1.82, 2.24) is 0 Å². The zero-order valence-electron chi connectivity index (χ0n) is 7.20. The Morgan fingerprint density at radius 2 is 2.00 bits per heavy atom. The van der Waals surface area contributed by atoms with Crippen molar-refractivity contribution in [3.05, 3.63) is 34.3 Å². The molecular weight excluding hydrogens is 253 g/mol. The van der Waals surface area contributed by atoms with E-state index in [4.69, 9.17) is 10.5 Å². The molecule has 0 heterocycles. The van der Waals surface area contributed by atoms with Gasteiger partial charge in [0.05, 0.1) is 13.2 Å². The summed E-state index contributed by atoms with van der Waals surface area (Å²) in [5, 5.41) is 0. The molecule has 2 nitrogen and oxygen atoms in total. The molecule has 0 saturated heterocycles. The van der Waals surface area contributed by atoms with E-state index >= 15 is 0 Å². The molecule has 0 radical (unpaired) electrons. The van der Waals surface area contributed by atoms with E-state index in [1.165, 1.54) is 0 Å². The van der Waals surface area contributed by atoms with E-state index in [1.54, 1.807) is 0 Å². The van der Waals surface area contributed by atoms with Crippen LogP contribution in [0.3, 0.4) is 0 Å². The van der Waals surface area contributed by atoms with Gasteiger partial charge in [-0.15, -0.1) is 12.4 Å². The molecule has 0 saturated carbocycles. The SMILES string of the molecule is Cl.NCCOCc1ccccc1Br. The van der Waals surface area contributed by atoms with E-state index in [1.807, 2.05) is 24.3 Å². The lowest BCUT2D eigenvalue weighted by atomic mass is 10.2.